The fraction of sp³-hybridized carbons (Fsp3) is 0.381. The van der Waals surface area contributed by atoms with E-state index in [0.29, 0.717) is 0 Å². The Bertz CT molecular complexity index is 1030. The van der Waals surface area contributed by atoms with E-state index in [9.17, 15) is 8.78 Å². The van der Waals surface area contributed by atoms with Gasteiger partial charge in [0.15, 0.2) is 0 Å². The smallest absolute Gasteiger partial charge is 0.399 e. The number of hydrogen-bond donors (Lipinski definition) is 0. The number of aromatic nitrogens is 2. The van der Waals surface area contributed by atoms with Crippen LogP contribution in [0.1, 0.15) is 39.7 Å². The average molecular weight is 384 g/mol. The van der Waals surface area contributed by atoms with E-state index >= 15 is 0 Å². The van der Waals surface area contributed by atoms with E-state index in [4.69, 9.17) is 9.31 Å². The second kappa shape index (κ2) is 6.39. The Hall–Kier alpha value is -2.25. The molecule has 3 heterocycles. The Morgan fingerprint density at radius 3 is 2.39 bits per heavy atom. The minimum atomic E-state index is -2.51. The van der Waals surface area contributed by atoms with Gasteiger partial charge < -0.3 is 13.9 Å². The summed E-state index contributed by atoms with van der Waals surface area (Å²) in [5.41, 5.74) is 2.28. The molecule has 3 aromatic rings. The largest absolute Gasteiger partial charge is 0.496 e. The normalized spacial score (nSPS) is 18.4. The van der Waals surface area contributed by atoms with Crippen molar-refractivity contribution in [2.45, 2.75) is 45.3 Å². The third-order valence-electron chi connectivity index (χ3n) is 5.81. The summed E-state index contributed by atoms with van der Waals surface area (Å²) in [6, 6.07) is 8.44. The highest BCUT2D eigenvalue weighted by molar-refractivity contribution is 6.62. The summed E-state index contributed by atoms with van der Waals surface area (Å²) >= 11 is 0. The third kappa shape index (κ3) is 3.03. The van der Waals surface area contributed by atoms with Crippen molar-refractivity contribution in [3.8, 4) is 11.1 Å². The van der Waals surface area contributed by atoms with Crippen molar-refractivity contribution in [3.63, 3.8) is 0 Å². The number of rotatable bonds is 3. The number of aryl methyl sites for hydroxylation is 1. The molecule has 0 spiro atoms. The van der Waals surface area contributed by atoms with Crippen LogP contribution in [0.25, 0.3) is 22.2 Å². The molecule has 7 heteroatoms. The molecule has 1 saturated heterocycles. The first-order chi connectivity index (χ1) is 13.1. The number of pyridine rings is 1. The third-order valence-corrected chi connectivity index (χ3v) is 5.81. The lowest BCUT2D eigenvalue weighted by molar-refractivity contribution is 0.00578. The second-order valence-electron chi connectivity index (χ2n) is 8.31. The van der Waals surface area contributed by atoms with Gasteiger partial charge >= 0.3 is 7.12 Å². The number of hydrogen-bond acceptors (Lipinski definition) is 3. The Morgan fingerprint density at radius 2 is 1.75 bits per heavy atom. The maximum atomic E-state index is 13.1. The summed E-state index contributed by atoms with van der Waals surface area (Å²) in [7, 11) is 1.37. The van der Waals surface area contributed by atoms with Crippen LogP contribution in [0.5, 0.6) is 0 Å². The van der Waals surface area contributed by atoms with Crippen LogP contribution in [-0.4, -0.2) is 27.9 Å². The first-order valence-corrected chi connectivity index (χ1v) is 9.28. The molecule has 1 aromatic carbocycles. The van der Waals surface area contributed by atoms with Gasteiger partial charge in [-0.15, -0.1) is 0 Å². The molecule has 0 unspecified atom stereocenters. The quantitative estimate of drug-likeness (QED) is 0.625. The summed E-state index contributed by atoms with van der Waals surface area (Å²) in [4.78, 5) is 4.58. The van der Waals surface area contributed by atoms with E-state index < -0.39 is 24.7 Å². The first kappa shape index (κ1) is 19.1. The minimum absolute atomic E-state index is 0.00424. The van der Waals surface area contributed by atoms with Gasteiger partial charge in [0.1, 0.15) is 5.65 Å². The summed E-state index contributed by atoms with van der Waals surface area (Å²) in [5, 5.41) is 0.876. The summed E-state index contributed by atoms with van der Waals surface area (Å²) in [5.74, 6) is 0. The SMILES string of the molecule is Cn1cc(-c2cccc(C(F)F)c2)c2cc(B3OC(C)(C)C(C)(C)O3)cnc21. The van der Waals surface area contributed by atoms with E-state index in [-0.39, 0.29) is 5.56 Å². The zero-order valence-electron chi connectivity index (χ0n) is 16.7. The predicted molar refractivity (Wildman–Crippen MR) is 107 cm³/mol. The van der Waals surface area contributed by atoms with E-state index in [0.717, 1.165) is 27.6 Å². The monoisotopic (exact) mass is 384 g/mol. The molecule has 146 valence electrons. The van der Waals surface area contributed by atoms with Gasteiger partial charge in [-0.3, -0.25) is 0 Å². The molecule has 0 bridgehead atoms. The second-order valence-corrected chi connectivity index (χ2v) is 8.31. The van der Waals surface area contributed by atoms with E-state index in [1.54, 1.807) is 12.3 Å². The molecule has 28 heavy (non-hydrogen) atoms. The fourth-order valence-electron chi connectivity index (χ4n) is 3.46. The van der Waals surface area contributed by atoms with Crippen LogP contribution >= 0.6 is 0 Å². The zero-order valence-corrected chi connectivity index (χ0v) is 16.7. The molecule has 1 aliphatic rings. The van der Waals surface area contributed by atoms with Crippen LogP contribution < -0.4 is 5.46 Å². The Labute approximate surface area is 163 Å². The number of alkyl halides is 2. The molecule has 2 aromatic heterocycles. The lowest BCUT2D eigenvalue weighted by atomic mass is 9.79. The molecule has 0 N–H and O–H groups in total. The lowest BCUT2D eigenvalue weighted by Gasteiger charge is -2.32. The molecule has 4 nitrogen and oxygen atoms in total. The molecule has 1 aliphatic heterocycles. The van der Waals surface area contributed by atoms with Gasteiger partial charge in [0.25, 0.3) is 6.43 Å². The van der Waals surface area contributed by atoms with Crippen LogP contribution in [0.2, 0.25) is 0 Å². The van der Waals surface area contributed by atoms with Crippen LogP contribution in [0.4, 0.5) is 8.78 Å². The maximum absolute atomic E-state index is 13.1. The Kier molecular flexibility index (Phi) is 4.36. The van der Waals surface area contributed by atoms with E-state index in [1.165, 1.54) is 12.1 Å². The van der Waals surface area contributed by atoms with Gasteiger partial charge in [-0.25, -0.2) is 13.8 Å². The number of fused-ring (bicyclic) bond motifs is 1. The topological polar surface area (TPSA) is 36.3 Å². The predicted octanol–water partition coefficient (Wildman–Crippen LogP) is 4.48. The molecule has 0 atom stereocenters. The molecule has 0 saturated carbocycles. The van der Waals surface area contributed by atoms with Crippen molar-refractivity contribution >= 4 is 23.6 Å². The summed E-state index contributed by atoms with van der Waals surface area (Å²) in [6.45, 7) is 8.01. The Morgan fingerprint density at radius 1 is 1.07 bits per heavy atom. The molecular formula is C21H23BF2N2O2. The fourth-order valence-corrected chi connectivity index (χ4v) is 3.46. The standard InChI is InChI=1S/C21H23BF2N2O2/c1-20(2)21(3,4)28-22(27-20)15-10-16-17(12-26(5)19(16)25-11-15)13-7-6-8-14(9-13)18(23)24/h6-12,18H,1-5H3. The highest BCUT2D eigenvalue weighted by Crippen LogP contribution is 2.37. The molecule has 0 aliphatic carbocycles. The highest BCUT2D eigenvalue weighted by Gasteiger charge is 2.51. The van der Waals surface area contributed by atoms with Crippen molar-refractivity contribution in [1.82, 2.24) is 9.55 Å². The van der Waals surface area contributed by atoms with E-state index in [2.05, 4.69) is 4.98 Å². The van der Waals surface area contributed by atoms with Gasteiger partial charge in [-0.2, -0.15) is 0 Å². The molecule has 0 radical (unpaired) electrons. The maximum Gasteiger partial charge on any atom is 0.496 e. The van der Waals surface area contributed by atoms with Crippen molar-refractivity contribution in [1.29, 1.82) is 0 Å². The number of halogens is 2. The average Bonchev–Trinajstić information content (AvgIpc) is 3.07. The minimum Gasteiger partial charge on any atom is -0.399 e. The highest BCUT2D eigenvalue weighted by atomic mass is 19.3. The van der Waals surface area contributed by atoms with Gasteiger partial charge in [0.05, 0.1) is 11.2 Å². The summed E-state index contributed by atoms with van der Waals surface area (Å²) in [6.07, 6.45) is 1.16. The van der Waals surface area contributed by atoms with Gasteiger partial charge in [-0.1, -0.05) is 18.2 Å². The first-order valence-electron chi connectivity index (χ1n) is 9.28. The van der Waals surface area contributed by atoms with E-state index in [1.807, 2.05) is 57.6 Å². The van der Waals surface area contributed by atoms with Crippen LogP contribution in [0, 0.1) is 0 Å². The van der Waals surface area contributed by atoms with Crippen molar-refractivity contribution in [2.75, 3.05) is 0 Å². The molecule has 0 amide bonds. The van der Waals surface area contributed by atoms with Crippen molar-refractivity contribution in [3.05, 3.63) is 48.3 Å². The molecule has 1 fully saturated rings. The molecule has 4 rings (SSSR count). The van der Waals surface area contributed by atoms with Gasteiger partial charge in [0, 0.05) is 41.4 Å². The van der Waals surface area contributed by atoms with Crippen LogP contribution in [0.3, 0.4) is 0 Å². The lowest BCUT2D eigenvalue weighted by Crippen LogP contribution is -2.41. The number of benzene rings is 1. The van der Waals surface area contributed by atoms with Gasteiger partial charge in [0.2, 0.25) is 0 Å². The van der Waals surface area contributed by atoms with Crippen LogP contribution in [-0.2, 0) is 16.4 Å². The van der Waals surface area contributed by atoms with Gasteiger partial charge in [-0.05, 0) is 45.4 Å². The molecular weight excluding hydrogens is 361 g/mol. The summed E-state index contributed by atoms with van der Waals surface area (Å²) < 4.78 is 40.5. The number of nitrogens with zero attached hydrogens (tertiary/aromatic N) is 2. The van der Waals surface area contributed by atoms with Crippen LogP contribution in [0.15, 0.2) is 42.7 Å². The van der Waals surface area contributed by atoms with Crippen molar-refractivity contribution < 1.29 is 18.1 Å². The zero-order chi connectivity index (χ0) is 20.3. The Balaban J connectivity index is 1.80. The van der Waals surface area contributed by atoms with Crippen molar-refractivity contribution in [2.24, 2.45) is 7.05 Å².